The maximum absolute atomic E-state index is 14.6. The monoisotopic (exact) mass is 1120 g/mol. The Balaban J connectivity index is 0.000000172. The number of halogens is 4. The molecule has 8 aromatic rings. The predicted molar refractivity (Wildman–Crippen MR) is 285 cm³/mol. The molecule has 4 amide bonds. The summed E-state index contributed by atoms with van der Waals surface area (Å²) in [7, 11) is 0. The fourth-order valence-corrected chi connectivity index (χ4v) is 11.1. The molecule has 19 nitrogen and oxygen atoms in total. The van der Waals surface area contributed by atoms with Crippen LogP contribution < -0.4 is 35.5 Å². The van der Waals surface area contributed by atoms with E-state index in [1.807, 2.05) is 58.0 Å². The Bertz CT molecular complexity index is 3790. The summed E-state index contributed by atoms with van der Waals surface area (Å²) < 4.78 is 72.5. The van der Waals surface area contributed by atoms with Gasteiger partial charge >= 0.3 is 6.29 Å². The minimum Gasteiger partial charge on any atom is -0.487 e. The minimum absolute atomic E-state index is 0.00221. The lowest BCUT2D eigenvalue weighted by Gasteiger charge is -2.16. The van der Waals surface area contributed by atoms with Gasteiger partial charge in [0.1, 0.15) is 34.1 Å². The van der Waals surface area contributed by atoms with Crippen molar-refractivity contribution in [3.05, 3.63) is 181 Å². The Labute approximate surface area is 464 Å². The maximum Gasteiger partial charge on any atom is 0.586 e. The predicted octanol–water partition coefficient (Wildman–Crippen LogP) is 8.49. The van der Waals surface area contributed by atoms with Gasteiger partial charge in [-0.15, -0.1) is 8.78 Å². The molecule has 82 heavy (non-hydrogen) atoms. The highest BCUT2D eigenvalue weighted by molar-refractivity contribution is 6.00. The number of Topliss-reactive ketones (excluding diaryl/α,β-unsaturated/α-hetero) is 2. The number of aromatic nitrogens is 6. The van der Waals surface area contributed by atoms with Crippen LogP contribution in [0.25, 0.3) is 11.3 Å². The van der Waals surface area contributed by atoms with E-state index in [9.17, 15) is 46.3 Å². The molecule has 2 atom stereocenters. The highest BCUT2D eigenvalue weighted by Gasteiger charge is 2.43. The number of carbonyl (C=O) groups is 6. The van der Waals surface area contributed by atoms with Crippen LogP contribution in [0.2, 0.25) is 0 Å². The second-order valence-electron chi connectivity index (χ2n) is 21.2. The molecule has 2 aliphatic carbocycles. The Morgan fingerprint density at radius 3 is 1.55 bits per heavy atom. The normalized spacial score (nSPS) is 16.6. The summed E-state index contributed by atoms with van der Waals surface area (Å²) in [6, 6.07) is 18.9. The third kappa shape index (κ3) is 10.4. The average molecular weight is 1120 g/mol. The summed E-state index contributed by atoms with van der Waals surface area (Å²) in [5, 5.41) is 19.2. The van der Waals surface area contributed by atoms with E-state index >= 15 is 0 Å². The van der Waals surface area contributed by atoms with Gasteiger partial charge in [-0.25, -0.2) is 27.8 Å². The SMILES string of the molecule is CC(=O)c1ccc2c(c1C)CC[C@@H]2NC(=O)c1cc(C(=O)NCc2ccc3c(c2)CC(C)(C)O3)nc2c(F)cnn12.CC(=O)c1ccc2c(c1C)CC[C@@H]2NC(=O)c1cc(C(=O)NCc2ccc3c(c2)OC(F)(F)O3)nc2c(F)cnn12. The summed E-state index contributed by atoms with van der Waals surface area (Å²) in [6.45, 7) is 11.0. The molecule has 12 rings (SSSR count). The average Bonchev–Trinajstić information content (AvgIpc) is 4.48. The Hall–Kier alpha value is -9.54. The Kier molecular flexibility index (Phi) is 13.8. The van der Waals surface area contributed by atoms with E-state index in [4.69, 9.17) is 4.74 Å². The van der Waals surface area contributed by atoms with Crippen molar-refractivity contribution in [2.24, 2.45) is 0 Å². The molecular formula is C59H52F4N10O9. The zero-order valence-electron chi connectivity index (χ0n) is 45.1. The second kappa shape index (κ2) is 20.8. The van der Waals surface area contributed by atoms with Crippen LogP contribution in [0.1, 0.15) is 165 Å². The van der Waals surface area contributed by atoms with Gasteiger partial charge in [0.05, 0.1) is 24.5 Å². The van der Waals surface area contributed by atoms with Crippen molar-refractivity contribution in [3.8, 4) is 17.2 Å². The summed E-state index contributed by atoms with van der Waals surface area (Å²) in [6.07, 6.45) is 1.49. The van der Waals surface area contributed by atoms with Crippen LogP contribution in [-0.4, -0.2) is 76.3 Å². The van der Waals surface area contributed by atoms with Crippen LogP contribution in [-0.2, 0) is 32.4 Å². The first-order valence-corrected chi connectivity index (χ1v) is 26.2. The highest BCUT2D eigenvalue weighted by atomic mass is 19.3. The number of nitrogens with zero attached hydrogens (tertiary/aromatic N) is 6. The van der Waals surface area contributed by atoms with Gasteiger partial charge in [-0.05, 0) is 135 Å². The first-order chi connectivity index (χ1) is 39.0. The van der Waals surface area contributed by atoms with E-state index in [0.717, 1.165) is 84.5 Å². The van der Waals surface area contributed by atoms with Crippen molar-refractivity contribution in [1.29, 1.82) is 0 Å². The minimum atomic E-state index is -3.77. The number of carbonyl (C=O) groups excluding carboxylic acids is 6. The van der Waals surface area contributed by atoms with Crippen molar-refractivity contribution < 1.29 is 60.5 Å². The van der Waals surface area contributed by atoms with E-state index in [1.54, 1.807) is 12.1 Å². The van der Waals surface area contributed by atoms with Crippen molar-refractivity contribution in [3.63, 3.8) is 0 Å². The number of amides is 4. The molecule has 0 spiro atoms. The number of hydrogen-bond acceptors (Lipinski definition) is 13. The summed E-state index contributed by atoms with van der Waals surface area (Å²) in [5.41, 5.74) is 8.10. The van der Waals surface area contributed by atoms with E-state index in [-0.39, 0.29) is 87.9 Å². The first-order valence-electron chi connectivity index (χ1n) is 26.2. The molecule has 0 saturated carbocycles. The van der Waals surface area contributed by atoms with E-state index < -0.39 is 41.6 Å². The number of ketones is 2. The lowest BCUT2D eigenvalue weighted by molar-refractivity contribution is -0.286. The van der Waals surface area contributed by atoms with Crippen molar-refractivity contribution in [1.82, 2.24) is 50.5 Å². The fraction of sp³-hybridized carbons (Fsp3) is 0.288. The number of hydrogen-bond donors (Lipinski definition) is 4. The zero-order valence-corrected chi connectivity index (χ0v) is 45.1. The third-order valence-electron chi connectivity index (χ3n) is 15.0. The summed E-state index contributed by atoms with van der Waals surface area (Å²) in [5.74, 6) is -3.48. The van der Waals surface area contributed by atoms with Gasteiger partial charge in [0.15, 0.2) is 46.0 Å². The molecule has 0 saturated heterocycles. The first kappa shape index (κ1) is 54.4. The molecule has 420 valence electrons. The number of benzene rings is 4. The largest absolute Gasteiger partial charge is 0.586 e. The lowest BCUT2D eigenvalue weighted by atomic mass is 9.96. The molecule has 6 heterocycles. The molecule has 0 bridgehead atoms. The van der Waals surface area contributed by atoms with Gasteiger partial charge in [-0.1, -0.05) is 42.5 Å². The lowest BCUT2D eigenvalue weighted by Crippen LogP contribution is -2.30. The van der Waals surface area contributed by atoms with Crippen LogP contribution in [0.3, 0.4) is 0 Å². The van der Waals surface area contributed by atoms with Crippen molar-refractivity contribution in [2.45, 2.75) is 111 Å². The maximum atomic E-state index is 14.6. The quantitative estimate of drug-likeness (QED) is 0.0664. The number of rotatable bonds is 12. The van der Waals surface area contributed by atoms with Gasteiger partial charge < -0.3 is 35.5 Å². The topological polar surface area (TPSA) is 239 Å². The van der Waals surface area contributed by atoms with Gasteiger partial charge in [0.25, 0.3) is 23.6 Å². The molecular weight excluding hydrogens is 1070 g/mol. The van der Waals surface area contributed by atoms with Crippen molar-refractivity contribution >= 4 is 46.5 Å². The van der Waals surface area contributed by atoms with Crippen LogP contribution in [0.5, 0.6) is 17.2 Å². The molecule has 4 N–H and O–H groups in total. The molecule has 0 unspecified atom stereocenters. The molecule has 4 aromatic heterocycles. The van der Waals surface area contributed by atoms with Gasteiger partial charge in [-0.3, -0.25) is 28.8 Å². The van der Waals surface area contributed by atoms with Gasteiger partial charge in [-0.2, -0.15) is 10.2 Å². The second-order valence-corrected chi connectivity index (χ2v) is 21.2. The molecule has 0 radical (unpaired) electrons. The highest BCUT2D eigenvalue weighted by Crippen LogP contribution is 2.42. The van der Waals surface area contributed by atoms with Crippen LogP contribution in [0, 0.1) is 25.5 Å². The number of alkyl halides is 2. The number of ether oxygens (including phenoxy) is 3. The summed E-state index contributed by atoms with van der Waals surface area (Å²) >= 11 is 0. The number of fused-ring (bicyclic) bond motifs is 6. The fourth-order valence-electron chi connectivity index (χ4n) is 11.1. The summed E-state index contributed by atoms with van der Waals surface area (Å²) in [4.78, 5) is 85.1. The van der Waals surface area contributed by atoms with Crippen LogP contribution in [0.4, 0.5) is 17.6 Å². The standard InChI is InChI=1S/C31H30FN5O4.C28H22F3N5O5/c1-16-20(17(2)38)6-7-22-21(16)8-9-24(22)36-30(40)26-12-25(35-28-23(32)15-34-37(26)28)29(39)33-14-18-5-10-27-19(11-18)13-31(3,4)41-27;1-13-16(14(2)37)4-5-18-17(13)6-7-20(18)35-27(39)22-10-21(34-25-19(29)12-33-36(22)25)26(38)32-11-15-3-8-23-24(9-15)41-28(30,31)40-23/h5-7,10-12,15,24H,8-9,13-14H2,1-4H3,(H,33,39)(H,36,40);3-5,8-10,12,20H,6-7,11H2,1-2H3,(H,32,38)(H,35,39)/t24-;20-/m00/s1. The molecule has 4 aliphatic rings. The van der Waals surface area contributed by atoms with Crippen molar-refractivity contribution in [2.75, 3.05) is 0 Å². The molecule has 2 aliphatic heterocycles. The van der Waals surface area contributed by atoms with Crippen LogP contribution >= 0.6 is 0 Å². The van der Waals surface area contributed by atoms with Gasteiger partial charge in [0.2, 0.25) is 0 Å². The van der Waals surface area contributed by atoms with E-state index in [0.29, 0.717) is 36.0 Å². The molecule has 0 fully saturated rings. The molecule has 4 aromatic carbocycles. The smallest absolute Gasteiger partial charge is 0.487 e. The van der Waals surface area contributed by atoms with E-state index in [2.05, 4.69) is 50.9 Å². The third-order valence-corrected chi connectivity index (χ3v) is 15.0. The Morgan fingerprint density at radius 1 is 0.598 bits per heavy atom. The van der Waals surface area contributed by atoms with Crippen LogP contribution in [0.15, 0.2) is 85.2 Å². The number of nitrogens with one attached hydrogen (secondary N) is 4. The van der Waals surface area contributed by atoms with E-state index in [1.165, 1.54) is 44.2 Å². The Morgan fingerprint density at radius 2 is 1.06 bits per heavy atom. The van der Waals surface area contributed by atoms with Gasteiger partial charge in [0, 0.05) is 42.8 Å². The zero-order chi connectivity index (χ0) is 58.1. The molecule has 23 heteroatoms.